The highest BCUT2D eigenvalue weighted by molar-refractivity contribution is 5.77. The van der Waals surface area contributed by atoms with Gasteiger partial charge in [-0.25, -0.2) is 9.59 Å². The first kappa shape index (κ1) is 19.2. The van der Waals surface area contributed by atoms with Gasteiger partial charge in [0.15, 0.2) is 18.5 Å². The standard InChI is InChI=1S/C10H16O11/c11-1-4(13)7(15)8(16)6(2-12)21-9(17)5(14)3-20-10(18)19/h2,4-8,11,13-16H,1,3H2,(H,18,19)/t4-,5?,6+,7-,8-/m1/s1. The molecule has 0 aromatic rings. The van der Waals surface area contributed by atoms with Crippen molar-refractivity contribution in [1.82, 2.24) is 0 Å². The topological polar surface area (TPSA) is 191 Å². The van der Waals surface area contributed by atoms with Gasteiger partial charge in [0.05, 0.1) is 6.61 Å². The Balaban J connectivity index is 4.57. The smallest absolute Gasteiger partial charge is 0.450 e. The number of hydrogen-bond acceptors (Lipinski definition) is 10. The third-order valence-electron chi connectivity index (χ3n) is 2.29. The average molecular weight is 312 g/mol. The first-order chi connectivity index (χ1) is 9.74. The molecule has 21 heavy (non-hydrogen) atoms. The summed E-state index contributed by atoms with van der Waals surface area (Å²) in [7, 11) is 0. The van der Waals surface area contributed by atoms with Crippen molar-refractivity contribution in [2.45, 2.75) is 30.5 Å². The van der Waals surface area contributed by atoms with E-state index in [0.717, 1.165) is 0 Å². The summed E-state index contributed by atoms with van der Waals surface area (Å²) in [6, 6.07) is 0. The minimum atomic E-state index is -2.07. The lowest BCUT2D eigenvalue weighted by Gasteiger charge is -2.25. The van der Waals surface area contributed by atoms with Crippen molar-refractivity contribution in [2.75, 3.05) is 13.2 Å². The van der Waals surface area contributed by atoms with E-state index < -0.39 is 55.9 Å². The van der Waals surface area contributed by atoms with E-state index in [9.17, 15) is 29.7 Å². The SMILES string of the molecule is O=C[C@H](OC(=O)C(O)COC(=O)O)[C@@H](O)[C@H](O)[C@H](O)CO. The minimum absolute atomic E-state index is 0.0827. The van der Waals surface area contributed by atoms with Gasteiger partial charge in [-0.2, -0.15) is 0 Å². The Kier molecular flexibility index (Phi) is 8.42. The summed E-state index contributed by atoms with van der Waals surface area (Å²) in [5.41, 5.74) is 0. The molecule has 0 fully saturated rings. The van der Waals surface area contributed by atoms with Crippen LogP contribution in [0.15, 0.2) is 0 Å². The molecule has 1 unspecified atom stereocenters. The molecule has 0 saturated carbocycles. The van der Waals surface area contributed by atoms with Crippen LogP contribution in [0, 0.1) is 0 Å². The van der Waals surface area contributed by atoms with Crippen LogP contribution in [-0.2, 0) is 19.1 Å². The first-order valence-electron chi connectivity index (χ1n) is 5.59. The quantitative estimate of drug-likeness (QED) is 0.181. The Morgan fingerprint density at radius 2 is 1.67 bits per heavy atom. The highest BCUT2D eigenvalue weighted by atomic mass is 16.7. The monoisotopic (exact) mass is 312 g/mol. The van der Waals surface area contributed by atoms with Gasteiger partial charge in [0.2, 0.25) is 0 Å². The van der Waals surface area contributed by atoms with Crippen molar-refractivity contribution >= 4 is 18.4 Å². The molecular weight excluding hydrogens is 296 g/mol. The number of aldehydes is 1. The lowest BCUT2D eigenvalue weighted by Crippen LogP contribution is -2.49. The van der Waals surface area contributed by atoms with Crippen LogP contribution in [0.25, 0.3) is 0 Å². The molecule has 0 heterocycles. The van der Waals surface area contributed by atoms with Crippen molar-refractivity contribution in [3.63, 3.8) is 0 Å². The van der Waals surface area contributed by atoms with Gasteiger partial charge >= 0.3 is 12.1 Å². The molecule has 0 spiro atoms. The Bertz CT molecular complexity index is 357. The van der Waals surface area contributed by atoms with Crippen LogP contribution in [0.3, 0.4) is 0 Å². The van der Waals surface area contributed by atoms with Crippen molar-refractivity contribution in [3.8, 4) is 0 Å². The van der Waals surface area contributed by atoms with Crippen molar-refractivity contribution in [2.24, 2.45) is 0 Å². The summed E-state index contributed by atoms with van der Waals surface area (Å²) >= 11 is 0. The minimum Gasteiger partial charge on any atom is -0.450 e. The Morgan fingerprint density at radius 3 is 2.10 bits per heavy atom. The molecule has 0 aliphatic rings. The zero-order valence-electron chi connectivity index (χ0n) is 10.6. The molecule has 11 heteroatoms. The molecule has 5 atom stereocenters. The predicted octanol–water partition coefficient (Wildman–Crippen LogP) is -3.77. The maximum Gasteiger partial charge on any atom is 0.505 e. The van der Waals surface area contributed by atoms with Crippen LogP contribution in [0.2, 0.25) is 0 Å². The second kappa shape index (κ2) is 9.20. The van der Waals surface area contributed by atoms with Gasteiger partial charge < -0.3 is 40.1 Å². The summed E-state index contributed by atoms with van der Waals surface area (Å²) in [5.74, 6) is -1.49. The fourth-order valence-corrected chi connectivity index (χ4v) is 1.14. The fourth-order valence-electron chi connectivity index (χ4n) is 1.14. The van der Waals surface area contributed by atoms with Gasteiger partial charge in [-0.15, -0.1) is 0 Å². The molecule has 11 nitrogen and oxygen atoms in total. The van der Waals surface area contributed by atoms with E-state index in [1.807, 2.05) is 0 Å². The van der Waals surface area contributed by atoms with Gasteiger partial charge in [-0.1, -0.05) is 0 Å². The van der Waals surface area contributed by atoms with Crippen LogP contribution >= 0.6 is 0 Å². The third kappa shape index (κ3) is 6.46. The molecule has 0 saturated heterocycles. The van der Waals surface area contributed by atoms with Gasteiger partial charge in [-0.05, 0) is 0 Å². The molecule has 0 rings (SSSR count). The third-order valence-corrected chi connectivity index (χ3v) is 2.29. The predicted molar refractivity (Wildman–Crippen MR) is 61.0 cm³/mol. The number of aliphatic hydroxyl groups excluding tert-OH is 5. The maximum absolute atomic E-state index is 11.3. The number of rotatable bonds is 9. The van der Waals surface area contributed by atoms with Crippen LogP contribution in [0.1, 0.15) is 0 Å². The molecule has 0 aromatic heterocycles. The zero-order valence-corrected chi connectivity index (χ0v) is 10.6. The van der Waals surface area contributed by atoms with Crippen molar-refractivity contribution in [3.05, 3.63) is 0 Å². The van der Waals surface area contributed by atoms with E-state index in [0.29, 0.717) is 0 Å². The lowest BCUT2D eigenvalue weighted by atomic mass is 10.0. The summed E-state index contributed by atoms with van der Waals surface area (Å²) in [4.78, 5) is 32.0. The Labute approximate surface area is 118 Å². The first-order valence-corrected chi connectivity index (χ1v) is 5.59. The molecule has 6 N–H and O–H groups in total. The van der Waals surface area contributed by atoms with E-state index >= 15 is 0 Å². The highest BCUT2D eigenvalue weighted by Gasteiger charge is 2.34. The molecule has 0 radical (unpaired) electrons. The lowest BCUT2D eigenvalue weighted by molar-refractivity contribution is -0.176. The number of carboxylic acid groups (broad SMARTS) is 1. The number of ether oxygens (including phenoxy) is 2. The number of carbonyl (C=O) groups excluding carboxylic acids is 2. The molecule has 0 aromatic carbocycles. The molecule has 0 amide bonds. The summed E-state index contributed by atoms with van der Waals surface area (Å²) in [5, 5.41) is 53.8. The largest absolute Gasteiger partial charge is 0.505 e. The molecule has 0 aliphatic heterocycles. The summed E-state index contributed by atoms with van der Waals surface area (Å²) < 4.78 is 8.23. The fraction of sp³-hybridized carbons (Fsp3) is 0.700. The zero-order chi connectivity index (χ0) is 16.6. The van der Waals surface area contributed by atoms with E-state index in [4.69, 9.17) is 15.3 Å². The number of aliphatic hydroxyl groups is 5. The Hall–Kier alpha value is -1.79. The highest BCUT2D eigenvalue weighted by Crippen LogP contribution is 2.08. The second-order valence-electron chi connectivity index (χ2n) is 3.86. The van der Waals surface area contributed by atoms with Crippen LogP contribution in [0.5, 0.6) is 0 Å². The van der Waals surface area contributed by atoms with E-state index in [1.165, 1.54) is 0 Å². The molecular formula is C10H16O11. The number of carbonyl (C=O) groups is 3. The molecule has 122 valence electrons. The van der Waals surface area contributed by atoms with Gasteiger partial charge in [-0.3, -0.25) is 4.79 Å². The van der Waals surface area contributed by atoms with Gasteiger partial charge in [0, 0.05) is 0 Å². The summed E-state index contributed by atoms with van der Waals surface area (Å²) in [6.45, 7) is -1.88. The Morgan fingerprint density at radius 1 is 1.10 bits per heavy atom. The second-order valence-corrected chi connectivity index (χ2v) is 3.86. The van der Waals surface area contributed by atoms with Crippen LogP contribution < -0.4 is 0 Å². The average Bonchev–Trinajstić information content (AvgIpc) is 2.47. The molecule has 0 aliphatic carbocycles. The number of hydrogen-bond donors (Lipinski definition) is 6. The van der Waals surface area contributed by atoms with Gasteiger partial charge in [0.25, 0.3) is 0 Å². The van der Waals surface area contributed by atoms with Gasteiger partial charge in [0.1, 0.15) is 24.9 Å². The van der Waals surface area contributed by atoms with Crippen molar-refractivity contribution < 1.29 is 54.5 Å². The van der Waals surface area contributed by atoms with E-state index in [1.54, 1.807) is 0 Å². The van der Waals surface area contributed by atoms with Crippen molar-refractivity contribution in [1.29, 1.82) is 0 Å². The van der Waals surface area contributed by atoms with E-state index in [-0.39, 0.29) is 6.29 Å². The normalized spacial score (nSPS) is 18.0. The van der Waals surface area contributed by atoms with Crippen LogP contribution in [0.4, 0.5) is 4.79 Å². The summed E-state index contributed by atoms with van der Waals surface area (Å²) in [6.07, 6.45) is -11.7. The maximum atomic E-state index is 11.3. The van der Waals surface area contributed by atoms with Crippen LogP contribution in [-0.4, -0.2) is 92.8 Å². The van der Waals surface area contributed by atoms with E-state index in [2.05, 4.69) is 9.47 Å². The number of esters is 1. The molecule has 0 bridgehead atoms.